The monoisotopic (exact) mass is 1320 g/mol. The smallest absolute Gasteiger partial charge is 0.343 e. The highest BCUT2D eigenvalue weighted by molar-refractivity contribution is 6.31. The van der Waals surface area contributed by atoms with Gasteiger partial charge in [-0.1, -0.05) is 117 Å². The highest BCUT2D eigenvalue weighted by Gasteiger charge is 2.50. The third kappa shape index (κ3) is 19.3. The summed E-state index contributed by atoms with van der Waals surface area (Å²) in [6.45, 7) is 11.3. The van der Waals surface area contributed by atoms with E-state index in [-0.39, 0.29) is 69.7 Å². The Bertz CT molecular complexity index is 2820. The van der Waals surface area contributed by atoms with Crippen molar-refractivity contribution in [3.05, 3.63) is 34.3 Å². The predicted molar refractivity (Wildman–Crippen MR) is 342 cm³/mol. The molecule has 5 rings (SSSR count). The largest absolute Gasteiger partial charge is 0.417 e. The molecule has 0 bridgehead atoms. The number of nitrogens with zero attached hydrogens (tertiary/aromatic N) is 8. The molecule has 4 aliphatic rings. The number of benzene rings is 1. The molecule has 1 aromatic carbocycles. The van der Waals surface area contributed by atoms with Crippen LogP contribution in [0.2, 0.25) is 5.02 Å². The normalized spacial score (nSPS) is 26.4. The molecule has 9 atom stereocenters. The minimum Gasteiger partial charge on any atom is -0.343 e. The van der Waals surface area contributed by atoms with E-state index in [0.29, 0.717) is 37.7 Å². The Morgan fingerprint density at radius 1 is 0.630 bits per heavy atom. The lowest BCUT2D eigenvalue weighted by Crippen LogP contribution is -2.64. The third-order valence-corrected chi connectivity index (χ3v) is 20.1. The Morgan fingerprint density at radius 3 is 1.82 bits per heavy atom. The van der Waals surface area contributed by atoms with Gasteiger partial charge in [-0.05, 0) is 99.7 Å². The van der Waals surface area contributed by atoms with Crippen molar-refractivity contribution >= 4 is 76.6 Å². The second-order valence-corrected chi connectivity index (χ2v) is 27.5. The topological polar surface area (TPSA) is 250 Å². The Hall–Kier alpha value is -6.53. The van der Waals surface area contributed by atoms with E-state index < -0.39 is 161 Å². The summed E-state index contributed by atoms with van der Waals surface area (Å²) in [6.07, 6.45) is 2.57. The van der Waals surface area contributed by atoms with Gasteiger partial charge in [0, 0.05) is 68.3 Å². The number of nitrogens with one attached hydrogen (secondary N) is 3. The molecule has 26 heteroatoms. The van der Waals surface area contributed by atoms with Crippen LogP contribution in [0.5, 0.6) is 0 Å². The van der Waals surface area contributed by atoms with Crippen LogP contribution in [0.1, 0.15) is 169 Å². The molecule has 2 aliphatic carbocycles. The molecule has 1 aromatic rings. The van der Waals surface area contributed by atoms with Crippen LogP contribution in [0.15, 0.2) is 18.2 Å². The van der Waals surface area contributed by atoms with Crippen molar-refractivity contribution in [2.75, 3.05) is 75.5 Å². The van der Waals surface area contributed by atoms with Crippen LogP contribution < -0.4 is 16.0 Å². The van der Waals surface area contributed by atoms with Crippen molar-refractivity contribution in [3.8, 4) is 0 Å². The minimum atomic E-state index is -4.74. The van der Waals surface area contributed by atoms with Crippen LogP contribution in [0.3, 0.4) is 0 Å². The van der Waals surface area contributed by atoms with Crippen molar-refractivity contribution in [2.24, 2.45) is 23.7 Å². The molecular formula is C66H103ClF3N11O11. The van der Waals surface area contributed by atoms with Gasteiger partial charge in [-0.3, -0.25) is 52.7 Å². The summed E-state index contributed by atoms with van der Waals surface area (Å²) in [5.74, 6) is -7.58. The number of halogens is 4. The number of carbonyl (C=O) groups is 11. The Balaban J connectivity index is 1.57. The number of fused-ring (bicyclic) bond motifs is 1. The van der Waals surface area contributed by atoms with Crippen LogP contribution in [0.25, 0.3) is 0 Å². The van der Waals surface area contributed by atoms with Gasteiger partial charge in [0.05, 0.1) is 30.2 Å². The lowest BCUT2D eigenvalue weighted by molar-refractivity contribution is -0.153. The summed E-state index contributed by atoms with van der Waals surface area (Å²) in [7, 11) is 10.2. The zero-order valence-electron chi connectivity index (χ0n) is 56.7. The molecule has 22 nitrogen and oxygen atoms in total. The van der Waals surface area contributed by atoms with E-state index in [1.165, 1.54) is 84.8 Å². The molecule has 2 saturated heterocycles. The number of rotatable bonds is 11. The average Bonchev–Trinajstić information content (AvgIpc) is 1.49. The van der Waals surface area contributed by atoms with E-state index in [1.807, 2.05) is 34.6 Å². The molecule has 0 aromatic heterocycles. The first kappa shape index (κ1) is 76.2. The molecule has 0 radical (unpaired) electrons. The van der Waals surface area contributed by atoms with E-state index in [4.69, 9.17) is 11.6 Å². The standard InChI is InChI=1S/C66H103ClF3N11O11/c1-15-41(5)56-62(90)76(10)38-54(84)74(8)39-55(85)79(13)51(36-44-23-18-17-19-24-44)61(89)75(9)37-52(82)71-48(29-27-45-26-28-46(47(67)35-45)66(68,69)70)60(88)81-32-22-25-49(81)59(87)73-65(30-20-21-31-65)64(92)80(14)57(42(6)16-2)63(91)77(11)43(7)34-53(83)78(12)50(33-40(3)4)58(86)72-56/h26,28,35,40-44,48-51,56-57H,15-25,27,29-34,36-39H2,1-14H3,(H,71,82)(H,72,86)(H,73,87)/t41-,42-,43+,48-,49-,50-,51-,56-,57-/m0/s1. The van der Waals surface area contributed by atoms with E-state index in [0.717, 1.165) is 54.0 Å². The summed E-state index contributed by atoms with van der Waals surface area (Å²) in [6, 6.07) is -4.50. The number of aryl methyl sites for hydroxylation is 1. The third-order valence-electron chi connectivity index (χ3n) is 19.8. The SMILES string of the molecule is CC[C@H](C)[C@@H]1NC(=O)[C@H](CC(C)C)N(C)C(=O)C[C@@H](C)N(C)C(=O)[C@H]([C@@H](C)CC)N(C)C(=O)C2(CCCC2)NC(=O)[C@@H]2CCCN2C(=O)[C@H](CCc2ccc(C(F)(F)F)c(Cl)c2)NC(=O)CN(C)C(=O)[C@H](CC2CCCCC2)N(C)C(=O)CN(C)C(=O)CN(C)C1=O. The maximum atomic E-state index is 15.2. The van der Waals surface area contributed by atoms with Gasteiger partial charge in [0.15, 0.2) is 0 Å². The van der Waals surface area contributed by atoms with E-state index in [1.54, 1.807) is 13.8 Å². The Kier molecular flexibility index (Phi) is 27.8. The minimum absolute atomic E-state index is 0.0333. The van der Waals surface area contributed by atoms with Crippen LogP contribution >= 0.6 is 11.6 Å². The van der Waals surface area contributed by atoms with Gasteiger partial charge in [-0.15, -0.1) is 0 Å². The zero-order chi connectivity index (χ0) is 68.9. The molecule has 0 unspecified atom stereocenters. The molecule has 516 valence electrons. The molecule has 1 spiro atoms. The maximum absolute atomic E-state index is 15.2. The van der Waals surface area contributed by atoms with E-state index in [2.05, 4.69) is 16.0 Å². The summed E-state index contributed by atoms with van der Waals surface area (Å²) in [5, 5.41) is 8.13. The molecule has 3 N–H and O–H groups in total. The Labute approximate surface area is 547 Å². The first-order valence-electron chi connectivity index (χ1n) is 33.0. The number of alkyl halides is 3. The average molecular weight is 1320 g/mol. The summed E-state index contributed by atoms with van der Waals surface area (Å²) >= 11 is 6.12. The van der Waals surface area contributed by atoms with Crippen molar-refractivity contribution in [1.82, 2.24) is 55.1 Å². The lowest BCUT2D eigenvalue weighted by Gasteiger charge is -2.41. The highest BCUT2D eigenvalue weighted by Crippen LogP contribution is 2.37. The van der Waals surface area contributed by atoms with Crippen LogP contribution in [0, 0.1) is 23.7 Å². The molecule has 92 heavy (non-hydrogen) atoms. The lowest BCUT2D eigenvalue weighted by atomic mass is 9.84. The fraction of sp³-hybridized carbons (Fsp3) is 0.742. The second-order valence-electron chi connectivity index (χ2n) is 27.1. The molecular weight excluding hydrogens is 1220 g/mol. The predicted octanol–water partition coefficient (Wildman–Crippen LogP) is 5.90. The Morgan fingerprint density at radius 2 is 1.23 bits per heavy atom. The molecule has 2 aliphatic heterocycles. The first-order chi connectivity index (χ1) is 43.1. The van der Waals surface area contributed by atoms with Gasteiger partial charge in [-0.2, -0.15) is 13.2 Å². The van der Waals surface area contributed by atoms with Gasteiger partial charge in [0.25, 0.3) is 0 Å². The summed E-state index contributed by atoms with van der Waals surface area (Å²) < 4.78 is 41.4. The summed E-state index contributed by atoms with van der Waals surface area (Å²) in [5.41, 5.74) is -2.25. The van der Waals surface area contributed by atoms with Crippen LogP contribution in [0.4, 0.5) is 13.2 Å². The van der Waals surface area contributed by atoms with E-state index in [9.17, 15) is 56.3 Å². The van der Waals surface area contributed by atoms with Gasteiger partial charge >= 0.3 is 6.18 Å². The quantitative estimate of drug-likeness (QED) is 0.235. The van der Waals surface area contributed by atoms with Gasteiger partial charge in [0.2, 0.25) is 65.0 Å². The van der Waals surface area contributed by atoms with Gasteiger partial charge < -0.3 is 55.1 Å². The van der Waals surface area contributed by atoms with Crippen molar-refractivity contribution in [1.29, 1.82) is 0 Å². The number of hydrogen-bond donors (Lipinski definition) is 3. The van der Waals surface area contributed by atoms with Gasteiger partial charge in [0.1, 0.15) is 41.8 Å². The number of carbonyl (C=O) groups excluding carboxylic acids is 11. The maximum Gasteiger partial charge on any atom is 0.417 e. The molecule has 2 heterocycles. The fourth-order valence-electron chi connectivity index (χ4n) is 13.3. The van der Waals surface area contributed by atoms with Crippen LogP contribution in [-0.2, 0) is 65.3 Å². The van der Waals surface area contributed by atoms with E-state index >= 15 is 9.59 Å². The first-order valence-corrected chi connectivity index (χ1v) is 33.3. The van der Waals surface area contributed by atoms with Crippen molar-refractivity contribution in [2.45, 2.75) is 218 Å². The molecule has 2 saturated carbocycles. The highest BCUT2D eigenvalue weighted by atomic mass is 35.5. The number of amides is 11. The molecule has 4 fully saturated rings. The number of hydrogen-bond acceptors (Lipinski definition) is 11. The fourth-order valence-corrected chi connectivity index (χ4v) is 13.6. The van der Waals surface area contributed by atoms with Crippen LogP contribution in [-0.4, -0.2) is 228 Å². The van der Waals surface area contributed by atoms with Crippen molar-refractivity contribution in [3.63, 3.8) is 0 Å². The van der Waals surface area contributed by atoms with Crippen molar-refractivity contribution < 1.29 is 65.9 Å². The van der Waals surface area contributed by atoms with Gasteiger partial charge in [-0.25, -0.2) is 0 Å². The molecule has 11 amide bonds. The summed E-state index contributed by atoms with van der Waals surface area (Å²) in [4.78, 5) is 171. The number of likely N-dealkylation sites (N-methyl/N-ethyl adjacent to an activating group) is 7. The zero-order valence-corrected chi connectivity index (χ0v) is 57.5. The second kappa shape index (κ2) is 33.5.